The maximum atomic E-state index is 10.1. The van der Waals surface area contributed by atoms with Gasteiger partial charge >= 0.3 is 0 Å². The lowest BCUT2D eigenvalue weighted by Crippen LogP contribution is -2.14. The molecule has 0 saturated carbocycles. The van der Waals surface area contributed by atoms with E-state index in [2.05, 4.69) is 13.5 Å². The highest BCUT2D eigenvalue weighted by Gasteiger charge is 2.02. The molecule has 0 amide bonds. The maximum absolute atomic E-state index is 10.1. The van der Waals surface area contributed by atoms with E-state index in [4.69, 9.17) is 5.73 Å². The van der Waals surface area contributed by atoms with Crippen molar-refractivity contribution >= 4 is 18.0 Å². The van der Waals surface area contributed by atoms with E-state index in [1.807, 2.05) is 0 Å². The van der Waals surface area contributed by atoms with E-state index < -0.39 is 0 Å². The number of nitrogens with two attached hydrogens (primary N) is 1. The third-order valence-electron chi connectivity index (χ3n) is 1.01. The van der Waals surface area contributed by atoms with Crippen LogP contribution in [0.5, 0.6) is 0 Å². The Labute approximate surface area is 65.9 Å². The minimum atomic E-state index is 0.0303. The largest absolute Gasteiger partial charge is 0.319 e. The molecule has 0 aromatic heterocycles. The molecule has 0 fully saturated rings. The second-order valence-corrected chi connectivity index (χ2v) is 3.39. The molecule has 0 saturated heterocycles. The summed E-state index contributed by atoms with van der Waals surface area (Å²) in [6.07, 6.45) is 2.71. The van der Waals surface area contributed by atoms with E-state index in [-0.39, 0.29) is 5.37 Å². The SMILES string of the molecule is C=C(C=O)SC(N)CCC. The molecule has 0 rings (SSSR count). The Hall–Kier alpha value is -0.280. The van der Waals surface area contributed by atoms with Gasteiger partial charge in [-0.25, -0.2) is 0 Å². The predicted molar refractivity (Wildman–Crippen MR) is 45.7 cm³/mol. The number of carbonyl (C=O) groups is 1. The van der Waals surface area contributed by atoms with Crippen LogP contribution >= 0.6 is 11.8 Å². The molecule has 0 aromatic rings. The van der Waals surface area contributed by atoms with Gasteiger partial charge in [0.05, 0.1) is 5.37 Å². The third kappa shape index (κ3) is 4.58. The van der Waals surface area contributed by atoms with Crippen molar-refractivity contribution in [1.82, 2.24) is 0 Å². The van der Waals surface area contributed by atoms with E-state index in [9.17, 15) is 4.79 Å². The third-order valence-corrected chi connectivity index (χ3v) is 1.94. The number of rotatable bonds is 5. The molecule has 0 aliphatic carbocycles. The Kier molecular flexibility index (Phi) is 5.35. The van der Waals surface area contributed by atoms with Crippen LogP contribution in [0, 0.1) is 0 Å². The Bertz CT molecular complexity index is 125. The molecular formula is C7H13NOS. The maximum Gasteiger partial charge on any atom is 0.155 e. The molecule has 2 N–H and O–H groups in total. The molecule has 0 aromatic carbocycles. The highest BCUT2D eigenvalue weighted by atomic mass is 32.2. The van der Waals surface area contributed by atoms with Crippen molar-refractivity contribution in [2.75, 3.05) is 0 Å². The highest BCUT2D eigenvalue weighted by molar-refractivity contribution is 8.04. The first-order chi connectivity index (χ1) is 4.70. The zero-order chi connectivity index (χ0) is 7.98. The summed E-state index contributed by atoms with van der Waals surface area (Å²) < 4.78 is 0. The Balaban J connectivity index is 3.46. The summed E-state index contributed by atoms with van der Waals surface area (Å²) in [4.78, 5) is 10.6. The fraction of sp³-hybridized carbons (Fsp3) is 0.571. The number of carbonyl (C=O) groups excluding carboxylic acids is 1. The molecule has 0 radical (unpaired) electrons. The van der Waals surface area contributed by atoms with Gasteiger partial charge in [0.25, 0.3) is 0 Å². The molecule has 3 heteroatoms. The van der Waals surface area contributed by atoms with Crippen molar-refractivity contribution in [2.45, 2.75) is 25.1 Å². The van der Waals surface area contributed by atoms with Gasteiger partial charge in [-0.3, -0.25) is 4.79 Å². The van der Waals surface area contributed by atoms with Crippen LogP contribution in [0.25, 0.3) is 0 Å². The molecule has 58 valence electrons. The van der Waals surface area contributed by atoms with Gasteiger partial charge in [0.2, 0.25) is 0 Å². The zero-order valence-corrected chi connectivity index (χ0v) is 6.99. The first-order valence-electron chi connectivity index (χ1n) is 3.27. The monoisotopic (exact) mass is 159 g/mol. The molecule has 0 bridgehead atoms. The number of aldehydes is 1. The second kappa shape index (κ2) is 5.50. The van der Waals surface area contributed by atoms with E-state index >= 15 is 0 Å². The zero-order valence-electron chi connectivity index (χ0n) is 6.17. The number of allylic oxidation sites excluding steroid dienone is 1. The lowest BCUT2D eigenvalue weighted by Gasteiger charge is -2.06. The quantitative estimate of drug-likeness (QED) is 0.376. The molecule has 10 heavy (non-hydrogen) atoms. The van der Waals surface area contributed by atoms with Crippen LogP contribution in [0.1, 0.15) is 19.8 Å². The van der Waals surface area contributed by atoms with Gasteiger partial charge in [-0.15, -0.1) is 11.8 Å². The summed E-state index contributed by atoms with van der Waals surface area (Å²) in [6.45, 7) is 5.57. The summed E-state index contributed by atoms with van der Waals surface area (Å²) in [6, 6.07) is 0. The van der Waals surface area contributed by atoms with Crippen LogP contribution in [0.15, 0.2) is 11.5 Å². The first kappa shape index (κ1) is 9.72. The summed E-state index contributed by atoms with van der Waals surface area (Å²) >= 11 is 1.34. The van der Waals surface area contributed by atoms with Gasteiger partial charge in [0.1, 0.15) is 0 Å². The van der Waals surface area contributed by atoms with E-state index in [1.165, 1.54) is 11.8 Å². The smallest absolute Gasteiger partial charge is 0.155 e. The average Bonchev–Trinajstić information content (AvgIpc) is 1.88. The van der Waals surface area contributed by atoms with Crippen LogP contribution in [0.2, 0.25) is 0 Å². The average molecular weight is 159 g/mol. The van der Waals surface area contributed by atoms with Crippen LogP contribution in [0.4, 0.5) is 0 Å². The number of hydrogen-bond donors (Lipinski definition) is 1. The molecular weight excluding hydrogens is 146 g/mol. The van der Waals surface area contributed by atoms with Crippen LogP contribution in [-0.4, -0.2) is 11.7 Å². The highest BCUT2D eigenvalue weighted by Crippen LogP contribution is 2.17. The molecule has 1 atom stereocenters. The summed E-state index contributed by atoms with van der Waals surface area (Å²) in [5, 5.41) is 0.0303. The lowest BCUT2D eigenvalue weighted by molar-refractivity contribution is -0.104. The van der Waals surface area contributed by atoms with Crippen molar-refractivity contribution in [3.05, 3.63) is 11.5 Å². The fourth-order valence-electron chi connectivity index (χ4n) is 0.566. The minimum absolute atomic E-state index is 0.0303. The molecule has 0 aliphatic heterocycles. The van der Waals surface area contributed by atoms with Crippen molar-refractivity contribution in [1.29, 1.82) is 0 Å². The molecule has 2 nitrogen and oxygen atoms in total. The number of hydrogen-bond acceptors (Lipinski definition) is 3. The van der Waals surface area contributed by atoms with Gasteiger partial charge < -0.3 is 5.73 Å². The standard InChI is InChI=1S/C7H13NOS/c1-3-4-7(8)10-6(2)5-9/h5,7H,2-4,8H2,1H3. The van der Waals surface area contributed by atoms with Crippen molar-refractivity contribution in [3.63, 3.8) is 0 Å². The summed E-state index contributed by atoms with van der Waals surface area (Å²) in [7, 11) is 0. The van der Waals surface area contributed by atoms with Crippen molar-refractivity contribution in [3.8, 4) is 0 Å². The van der Waals surface area contributed by atoms with E-state index in [0.717, 1.165) is 19.1 Å². The number of thioether (sulfide) groups is 1. The normalized spacial score (nSPS) is 12.6. The Morgan fingerprint density at radius 3 is 2.90 bits per heavy atom. The van der Waals surface area contributed by atoms with Gasteiger partial charge in [-0.2, -0.15) is 0 Å². The minimum Gasteiger partial charge on any atom is -0.319 e. The van der Waals surface area contributed by atoms with Gasteiger partial charge in [0.15, 0.2) is 6.29 Å². The summed E-state index contributed by atoms with van der Waals surface area (Å²) in [5.41, 5.74) is 5.60. The predicted octanol–water partition coefficient (Wildman–Crippen LogP) is 1.52. The van der Waals surface area contributed by atoms with E-state index in [1.54, 1.807) is 0 Å². The first-order valence-corrected chi connectivity index (χ1v) is 4.15. The lowest BCUT2D eigenvalue weighted by atomic mass is 10.3. The topological polar surface area (TPSA) is 43.1 Å². The Morgan fingerprint density at radius 1 is 1.90 bits per heavy atom. The van der Waals surface area contributed by atoms with Gasteiger partial charge in [-0.1, -0.05) is 19.9 Å². The second-order valence-electron chi connectivity index (χ2n) is 2.03. The van der Waals surface area contributed by atoms with Gasteiger partial charge in [-0.05, 0) is 6.42 Å². The fourth-order valence-corrected chi connectivity index (χ4v) is 1.36. The van der Waals surface area contributed by atoms with Gasteiger partial charge in [0, 0.05) is 4.91 Å². The molecule has 0 spiro atoms. The Morgan fingerprint density at radius 2 is 2.50 bits per heavy atom. The summed E-state index contributed by atoms with van der Waals surface area (Å²) in [5.74, 6) is 0. The van der Waals surface area contributed by atoms with Crippen molar-refractivity contribution in [2.24, 2.45) is 5.73 Å². The molecule has 1 unspecified atom stereocenters. The van der Waals surface area contributed by atoms with Crippen LogP contribution < -0.4 is 5.73 Å². The van der Waals surface area contributed by atoms with E-state index in [0.29, 0.717) is 4.91 Å². The molecule has 0 heterocycles. The van der Waals surface area contributed by atoms with Crippen molar-refractivity contribution < 1.29 is 4.79 Å². The van der Waals surface area contributed by atoms with Crippen LogP contribution in [0.3, 0.4) is 0 Å². The van der Waals surface area contributed by atoms with Crippen LogP contribution in [-0.2, 0) is 4.79 Å². The molecule has 0 aliphatic rings.